The number of thiophene rings is 1. The summed E-state index contributed by atoms with van der Waals surface area (Å²) in [5, 5.41) is 15.0. The van der Waals surface area contributed by atoms with E-state index in [1.807, 2.05) is 24.3 Å². The van der Waals surface area contributed by atoms with E-state index in [0.717, 1.165) is 5.56 Å². The number of carbonyl (C=O) groups is 1. The van der Waals surface area contributed by atoms with Crippen molar-refractivity contribution in [2.24, 2.45) is 0 Å². The van der Waals surface area contributed by atoms with Gasteiger partial charge in [-0.05, 0) is 36.9 Å². The zero-order valence-electron chi connectivity index (χ0n) is 19.8. The number of carbonyl (C=O) groups excluding carboxylic acids is 1. The van der Waals surface area contributed by atoms with Gasteiger partial charge in [-0.15, -0.1) is 11.3 Å². The van der Waals surface area contributed by atoms with Gasteiger partial charge < -0.3 is 34.4 Å². The zero-order chi connectivity index (χ0) is 25.0. The highest BCUT2D eigenvalue weighted by Crippen LogP contribution is 2.23. The van der Waals surface area contributed by atoms with E-state index in [9.17, 15) is 14.7 Å². The van der Waals surface area contributed by atoms with Crippen molar-refractivity contribution in [3.8, 4) is 5.75 Å². The van der Waals surface area contributed by atoms with E-state index < -0.39 is 17.1 Å². The van der Waals surface area contributed by atoms with Gasteiger partial charge in [0.15, 0.2) is 0 Å². The smallest absolute Gasteiger partial charge is 0.287 e. The number of benzene rings is 1. The molecule has 11 heteroatoms. The van der Waals surface area contributed by atoms with Crippen molar-refractivity contribution in [3.05, 3.63) is 57.0 Å². The molecule has 10 nitrogen and oxygen atoms in total. The lowest BCUT2D eigenvalue weighted by Crippen LogP contribution is -2.48. The van der Waals surface area contributed by atoms with Crippen LogP contribution in [0, 0.1) is 0 Å². The third-order valence-corrected chi connectivity index (χ3v) is 6.56. The predicted octanol–water partition coefficient (Wildman–Crippen LogP) is 1.99. The largest absolute Gasteiger partial charge is 0.497 e. The summed E-state index contributed by atoms with van der Waals surface area (Å²) in [6.07, 6.45) is -0.638. The van der Waals surface area contributed by atoms with Crippen LogP contribution in [0.15, 0.2) is 34.4 Å². The van der Waals surface area contributed by atoms with Crippen LogP contribution in [0.1, 0.15) is 35.6 Å². The normalized spacial score (nSPS) is 18.5. The quantitative estimate of drug-likeness (QED) is 0.404. The minimum Gasteiger partial charge on any atom is -0.497 e. The van der Waals surface area contributed by atoms with Crippen molar-refractivity contribution < 1.29 is 28.8 Å². The number of hydrogen-bond donors (Lipinski definition) is 3. The minimum absolute atomic E-state index is 0.0474. The maximum Gasteiger partial charge on any atom is 0.287 e. The molecule has 188 valence electrons. The van der Waals surface area contributed by atoms with Crippen LogP contribution >= 0.6 is 11.3 Å². The molecule has 35 heavy (non-hydrogen) atoms. The van der Waals surface area contributed by atoms with Gasteiger partial charge >= 0.3 is 0 Å². The van der Waals surface area contributed by atoms with Gasteiger partial charge in [-0.3, -0.25) is 9.59 Å². The maximum absolute atomic E-state index is 12.7. The van der Waals surface area contributed by atoms with Gasteiger partial charge in [0, 0.05) is 12.1 Å². The molecule has 0 spiro atoms. The highest BCUT2D eigenvalue weighted by Gasteiger charge is 2.33. The summed E-state index contributed by atoms with van der Waals surface area (Å²) < 4.78 is 22.3. The molecule has 2 aromatic heterocycles. The second-order valence-corrected chi connectivity index (χ2v) is 9.69. The molecule has 0 saturated carbocycles. The van der Waals surface area contributed by atoms with Crippen molar-refractivity contribution in [1.82, 2.24) is 15.3 Å². The number of aromatic nitrogens is 2. The average Bonchev–Trinajstić information content (AvgIpc) is 3.26. The molecule has 1 amide bonds. The van der Waals surface area contributed by atoms with Gasteiger partial charge in [0.1, 0.15) is 22.8 Å². The number of amides is 1. The fourth-order valence-corrected chi connectivity index (χ4v) is 4.54. The van der Waals surface area contributed by atoms with E-state index >= 15 is 0 Å². The molecule has 3 heterocycles. The molecule has 1 aliphatic rings. The zero-order valence-corrected chi connectivity index (χ0v) is 20.6. The Balaban J connectivity index is 1.33. The van der Waals surface area contributed by atoms with E-state index in [2.05, 4.69) is 15.3 Å². The van der Waals surface area contributed by atoms with Gasteiger partial charge in [0.05, 0.1) is 44.5 Å². The van der Waals surface area contributed by atoms with Crippen molar-refractivity contribution in [2.45, 2.75) is 44.8 Å². The molecule has 0 aliphatic carbocycles. The maximum atomic E-state index is 12.7. The number of ether oxygens (including phenoxy) is 4. The van der Waals surface area contributed by atoms with Crippen LogP contribution < -0.4 is 15.6 Å². The predicted molar refractivity (Wildman–Crippen MR) is 130 cm³/mol. The topological polar surface area (TPSA) is 132 Å². The Kier molecular flexibility index (Phi) is 7.82. The molecule has 0 radical (unpaired) electrons. The molecule has 1 saturated heterocycles. The summed E-state index contributed by atoms with van der Waals surface area (Å²) in [6, 6.07) is 7.34. The molecular formula is C24H29N3O7S. The van der Waals surface area contributed by atoms with Gasteiger partial charge in [-0.25, -0.2) is 4.98 Å². The summed E-state index contributed by atoms with van der Waals surface area (Å²) in [5.41, 5.74) is 0.180. The molecule has 1 aromatic carbocycles. The number of aromatic amines is 1. The first kappa shape index (κ1) is 25.3. The Hall–Kier alpha value is -2.83. The molecule has 2 atom stereocenters. The van der Waals surface area contributed by atoms with Crippen LogP contribution in [0.2, 0.25) is 0 Å². The third-order valence-electron chi connectivity index (χ3n) is 5.64. The summed E-state index contributed by atoms with van der Waals surface area (Å²) in [6.45, 7) is 4.71. The van der Waals surface area contributed by atoms with Crippen molar-refractivity contribution in [2.75, 3.05) is 26.9 Å². The van der Waals surface area contributed by atoms with E-state index in [-0.39, 0.29) is 44.4 Å². The van der Waals surface area contributed by atoms with Gasteiger partial charge in [0.2, 0.25) is 5.82 Å². The number of aliphatic hydroxyl groups is 1. The monoisotopic (exact) mass is 503 g/mol. The van der Waals surface area contributed by atoms with Crippen molar-refractivity contribution >= 4 is 27.5 Å². The summed E-state index contributed by atoms with van der Waals surface area (Å²) >= 11 is 1.28. The Morgan fingerprint density at radius 3 is 2.89 bits per heavy atom. The lowest BCUT2D eigenvalue weighted by molar-refractivity contribution is -0.200. The second kappa shape index (κ2) is 10.8. The molecule has 1 aliphatic heterocycles. The number of hydrogen-bond acceptors (Lipinski definition) is 9. The van der Waals surface area contributed by atoms with E-state index in [1.165, 1.54) is 11.3 Å². The lowest BCUT2D eigenvalue weighted by atomic mass is 10.0. The molecule has 0 bridgehead atoms. The highest BCUT2D eigenvalue weighted by atomic mass is 32.1. The number of nitrogens with one attached hydrogen (secondary N) is 2. The third kappa shape index (κ3) is 6.24. The Labute approximate surface area is 206 Å². The van der Waals surface area contributed by atoms with Gasteiger partial charge in [-0.2, -0.15) is 0 Å². The molecule has 4 rings (SSSR count). The lowest BCUT2D eigenvalue weighted by Gasteiger charge is -2.35. The molecule has 3 N–H and O–H groups in total. The molecule has 2 unspecified atom stereocenters. The fraction of sp³-hybridized carbons (Fsp3) is 0.458. The Bertz CT molecular complexity index is 1230. The number of H-pyrrole nitrogens is 1. The highest BCUT2D eigenvalue weighted by molar-refractivity contribution is 7.16. The first-order valence-corrected chi connectivity index (χ1v) is 12.1. The molecule has 3 aromatic rings. The Morgan fingerprint density at radius 1 is 1.34 bits per heavy atom. The summed E-state index contributed by atoms with van der Waals surface area (Å²) in [7, 11) is 1.58. The average molecular weight is 504 g/mol. The van der Waals surface area contributed by atoms with Gasteiger partial charge in [-0.1, -0.05) is 12.1 Å². The molecule has 1 fully saturated rings. The van der Waals surface area contributed by atoms with E-state index in [1.54, 1.807) is 26.3 Å². The number of methoxy groups -OCH3 is 1. The Morgan fingerprint density at radius 2 is 2.17 bits per heavy atom. The number of fused-ring (bicyclic) bond motifs is 1. The van der Waals surface area contributed by atoms with Crippen molar-refractivity contribution in [1.29, 1.82) is 0 Å². The van der Waals surface area contributed by atoms with Crippen LogP contribution in [0.3, 0.4) is 0 Å². The first-order valence-electron chi connectivity index (χ1n) is 11.2. The van der Waals surface area contributed by atoms with Crippen LogP contribution in [-0.2, 0) is 27.4 Å². The van der Waals surface area contributed by atoms with Crippen LogP contribution in [0.4, 0.5) is 0 Å². The SMILES string of the molecule is COc1cccc(CNC(=O)c2nc3scc(COCC4COC(C(C)(C)O)CO4)c3c(=O)[nH]2)c1. The van der Waals surface area contributed by atoms with E-state index in [4.69, 9.17) is 18.9 Å². The minimum atomic E-state index is -0.972. The summed E-state index contributed by atoms with van der Waals surface area (Å²) in [4.78, 5) is 32.7. The van der Waals surface area contributed by atoms with Crippen LogP contribution in [0.25, 0.3) is 10.2 Å². The first-order chi connectivity index (χ1) is 16.7. The van der Waals surface area contributed by atoms with Gasteiger partial charge in [0.25, 0.3) is 11.5 Å². The summed E-state index contributed by atoms with van der Waals surface area (Å²) in [5.74, 6) is 0.171. The molecular weight excluding hydrogens is 474 g/mol. The van der Waals surface area contributed by atoms with E-state index in [0.29, 0.717) is 28.1 Å². The standard InChI is InChI=1S/C24H29N3O7S/c1-24(2,30)18-12-33-17(11-34-18)10-32-9-15-13-35-23-19(15)21(28)26-20(27-23)22(29)25-8-14-5-4-6-16(7-14)31-3/h4-7,13,17-18,30H,8-12H2,1-3H3,(H,25,29)(H,26,27,28). The van der Waals surface area contributed by atoms with Crippen LogP contribution in [-0.4, -0.2) is 65.7 Å². The number of rotatable bonds is 9. The fourth-order valence-electron chi connectivity index (χ4n) is 3.62. The number of nitrogens with zero attached hydrogens (tertiary/aromatic N) is 1. The van der Waals surface area contributed by atoms with Crippen molar-refractivity contribution in [3.63, 3.8) is 0 Å². The van der Waals surface area contributed by atoms with Crippen LogP contribution in [0.5, 0.6) is 5.75 Å². The second-order valence-electron chi connectivity index (χ2n) is 8.84.